The van der Waals surface area contributed by atoms with E-state index in [1.807, 2.05) is 43.3 Å². The molecule has 5 heteroatoms. The molecule has 0 saturated heterocycles. The van der Waals surface area contributed by atoms with E-state index in [0.717, 1.165) is 23.8 Å². The number of para-hydroxylation sites is 1. The molecule has 1 aromatic carbocycles. The summed E-state index contributed by atoms with van der Waals surface area (Å²) in [6, 6.07) is 9.28. The lowest BCUT2D eigenvalue weighted by molar-refractivity contribution is -0.149. The minimum Gasteiger partial charge on any atom is -0.459 e. The summed E-state index contributed by atoms with van der Waals surface area (Å²) in [6.45, 7) is 1.57. The molecule has 2 aromatic rings. The molecule has 1 N–H and O–H groups in total. The summed E-state index contributed by atoms with van der Waals surface area (Å²) in [5, 5.41) is 3.77. The third-order valence-electron chi connectivity index (χ3n) is 4.15. The Hall–Kier alpha value is -2.56. The van der Waals surface area contributed by atoms with Crippen molar-refractivity contribution in [1.82, 2.24) is 5.32 Å². The Morgan fingerprint density at radius 2 is 2.21 bits per heavy atom. The maximum Gasteiger partial charge on any atom is 0.306 e. The van der Waals surface area contributed by atoms with Crippen molar-refractivity contribution in [3.63, 3.8) is 0 Å². The molecule has 1 heterocycles. The van der Waals surface area contributed by atoms with Crippen molar-refractivity contribution in [1.29, 1.82) is 0 Å². The van der Waals surface area contributed by atoms with Gasteiger partial charge in [-0.1, -0.05) is 30.4 Å². The number of furan rings is 1. The Balaban J connectivity index is 1.47. The van der Waals surface area contributed by atoms with Gasteiger partial charge in [0.1, 0.15) is 11.3 Å². The zero-order valence-electron chi connectivity index (χ0n) is 13.7. The number of fused-ring (bicyclic) bond motifs is 1. The highest BCUT2D eigenvalue weighted by Gasteiger charge is 2.18. The molecule has 0 spiro atoms. The largest absolute Gasteiger partial charge is 0.459 e. The van der Waals surface area contributed by atoms with Crippen LogP contribution in [-0.4, -0.2) is 18.5 Å². The third kappa shape index (κ3) is 4.04. The molecular weight excluding hydrogens is 306 g/mol. The number of allylic oxidation sites excluding steroid dienone is 2. The highest BCUT2D eigenvalue weighted by molar-refractivity contribution is 5.81. The zero-order chi connectivity index (χ0) is 16.9. The molecule has 2 atom stereocenters. The maximum absolute atomic E-state index is 11.9. The number of hydrogen-bond acceptors (Lipinski definition) is 4. The van der Waals surface area contributed by atoms with Crippen LogP contribution < -0.4 is 5.32 Å². The normalized spacial score (nSPS) is 17.8. The first-order valence-corrected chi connectivity index (χ1v) is 8.22. The molecule has 1 aromatic heterocycles. The number of carbonyl (C=O) groups excluding carboxylic acids is 2. The SMILES string of the molecule is C[C@@H](NC(=O)COC(=O)C[C@H]1C=CCC1)c1cc2ccccc2o1. The van der Waals surface area contributed by atoms with Gasteiger partial charge in [-0.15, -0.1) is 0 Å². The summed E-state index contributed by atoms with van der Waals surface area (Å²) < 4.78 is 10.8. The van der Waals surface area contributed by atoms with Crippen molar-refractivity contribution in [2.24, 2.45) is 5.92 Å². The van der Waals surface area contributed by atoms with Gasteiger partial charge in [0, 0.05) is 5.39 Å². The Morgan fingerprint density at radius 1 is 1.38 bits per heavy atom. The molecule has 5 nitrogen and oxygen atoms in total. The standard InChI is InChI=1S/C19H21NO4/c1-13(17-11-15-8-4-5-9-16(15)24-17)20-18(21)12-23-19(22)10-14-6-2-3-7-14/h2,4-6,8-9,11,13-14H,3,7,10,12H2,1H3,(H,20,21)/t13-,14+/m1/s1. The van der Waals surface area contributed by atoms with Crippen LogP contribution in [0, 0.1) is 5.92 Å². The summed E-state index contributed by atoms with van der Waals surface area (Å²) in [7, 11) is 0. The predicted octanol–water partition coefficient (Wildman–Crippen LogP) is 3.51. The average molecular weight is 327 g/mol. The van der Waals surface area contributed by atoms with Crippen molar-refractivity contribution in [2.45, 2.75) is 32.2 Å². The van der Waals surface area contributed by atoms with Gasteiger partial charge in [-0.25, -0.2) is 0 Å². The van der Waals surface area contributed by atoms with Crippen molar-refractivity contribution < 1.29 is 18.7 Å². The van der Waals surface area contributed by atoms with Gasteiger partial charge in [-0.3, -0.25) is 9.59 Å². The van der Waals surface area contributed by atoms with Gasteiger partial charge in [0.05, 0.1) is 12.5 Å². The van der Waals surface area contributed by atoms with E-state index >= 15 is 0 Å². The second-order valence-electron chi connectivity index (χ2n) is 6.11. The van der Waals surface area contributed by atoms with E-state index in [1.165, 1.54) is 0 Å². The number of carbonyl (C=O) groups is 2. The van der Waals surface area contributed by atoms with Crippen molar-refractivity contribution in [3.8, 4) is 0 Å². The third-order valence-corrected chi connectivity index (χ3v) is 4.15. The highest BCUT2D eigenvalue weighted by Crippen LogP contribution is 2.23. The summed E-state index contributed by atoms with van der Waals surface area (Å²) in [5.41, 5.74) is 0.782. The number of hydrogen-bond donors (Lipinski definition) is 1. The minimum absolute atomic E-state index is 0.245. The van der Waals surface area contributed by atoms with Crippen LogP contribution >= 0.6 is 0 Å². The first-order chi connectivity index (χ1) is 11.6. The van der Waals surface area contributed by atoms with Gasteiger partial charge in [-0.2, -0.15) is 0 Å². The number of benzene rings is 1. The van der Waals surface area contributed by atoms with Gasteiger partial charge >= 0.3 is 5.97 Å². The maximum atomic E-state index is 11.9. The Bertz CT molecular complexity index is 729. The quantitative estimate of drug-likeness (QED) is 0.651. The summed E-state index contributed by atoms with van der Waals surface area (Å²) in [6.07, 6.45) is 6.42. The lowest BCUT2D eigenvalue weighted by Gasteiger charge is -2.12. The average Bonchev–Trinajstić information content (AvgIpc) is 3.21. The fourth-order valence-electron chi connectivity index (χ4n) is 2.85. The second kappa shape index (κ2) is 7.34. The first kappa shape index (κ1) is 16.3. The van der Waals surface area contributed by atoms with Gasteiger partial charge in [0.25, 0.3) is 5.91 Å². The fourth-order valence-corrected chi connectivity index (χ4v) is 2.85. The second-order valence-corrected chi connectivity index (χ2v) is 6.11. The van der Waals surface area contributed by atoms with Gasteiger partial charge in [0.2, 0.25) is 0 Å². The molecule has 3 rings (SSSR count). The number of ether oxygens (including phenoxy) is 1. The van der Waals surface area contributed by atoms with Crippen LogP contribution in [0.2, 0.25) is 0 Å². The highest BCUT2D eigenvalue weighted by atomic mass is 16.5. The molecule has 0 radical (unpaired) electrons. The molecule has 1 aliphatic carbocycles. The van der Waals surface area contributed by atoms with Crippen LogP contribution in [0.15, 0.2) is 46.9 Å². The zero-order valence-corrected chi connectivity index (χ0v) is 13.7. The molecule has 0 saturated carbocycles. The predicted molar refractivity (Wildman–Crippen MR) is 90.2 cm³/mol. The lowest BCUT2D eigenvalue weighted by atomic mass is 10.1. The van der Waals surface area contributed by atoms with E-state index in [-0.39, 0.29) is 30.4 Å². The monoisotopic (exact) mass is 327 g/mol. The van der Waals surface area contributed by atoms with E-state index in [9.17, 15) is 9.59 Å². The summed E-state index contributed by atoms with van der Waals surface area (Å²) in [4.78, 5) is 23.7. The number of esters is 1. The van der Waals surface area contributed by atoms with Gasteiger partial charge < -0.3 is 14.5 Å². The smallest absolute Gasteiger partial charge is 0.306 e. The molecule has 0 unspecified atom stereocenters. The van der Waals surface area contributed by atoms with Crippen LogP contribution in [-0.2, 0) is 14.3 Å². The fraction of sp³-hybridized carbons (Fsp3) is 0.368. The Kier molecular flexibility index (Phi) is 4.99. The topological polar surface area (TPSA) is 68.5 Å². The van der Waals surface area contributed by atoms with Gasteiger partial charge in [0.15, 0.2) is 6.61 Å². The van der Waals surface area contributed by atoms with E-state index < -0.39 is 0 Å². The first-order valence-electron chi connectivity index (χ1n) is 8.22. The Morgan fingerprint density at radius 3 is 2.96 bits per heavy atom. The molecule has 1 amide bonds. The molecule has 0 bridgehead atoms. The lowest BCUT2D eigenvalue weighted by Crippen LogP contribution is -2.31. The van der Waals surface area contributed by atoms with E-state index in [4.69, 9.17) is 9.15 Å². The van der Waals surface area contributed by atoms with E-state index in [0.29, 0.717) is 12.2 Å². The number of amides is 1. The molecule has 0 fully saturated rings. The molecular formula is C19H21NO4. The van der Waals surface area contributed by atoms with E-state index in [1.54, 1.807) is 0 Å². The summed E-state index contributed by atoms with van der Waals surface area (Å²) >= 11 is 0. The van der Waals surface area contributed by atoms with Crippen molar-refractivity contribution in [2.75, 3.05) is 6.61 Å². The van der Waals surface area contributed by atoms with Crippen molar-refractivity contribution >= 4 is 22.8 Å². The molecule has 24 heavy (non-hydrogen) atoms. The molecule has 1 aliphatic rings. The number of rotatable bonds is 6. The van der Waals surface area contributed by atoms with Crippen LogP contribution in [0.3, 0.4) is 0 Å². The van der Waals surface area contributed by atoms with Crippen LogP contribution in [0.25, 0.3) is 11.0 Å². The van der Waals surface area contributed by atoms with E-state index in [2.05, 4.69) is 11.4 Å². The van der Waals surface area contributed by atoms with Crippen molar-refractivity contribution in [3.05, 3.63) is 48.2 Å². The number of nitrogens with one attached hydrogen (secondary N) is 1. The Labute approximate surface area is 140 Å². The van der Waals surface area contributed by atoms with Crippen LogP contribution in [0.4, 0.5) is 0 Å². The molecule has 126 valence electrons. The molecule has 0 aliphatic heterocycles. The minimum atomic E-state index is -0.335. The van der Waals surface area contributed by atoms with Gasteiger partial charge in [-0.05, 0) is 37.8 Å². The van der Waals surface area contributed by atoms with Crippen LogP contribution in [0.1, 0.15) is 38.0 Å². The summed E-state index contributed by atoms with van der Waals surface area (Å²) in [5.74, 6) is 0.248. The van der Waals surface area contributed by atoms with Crippen LogP contribution in [0.5, 0.6) is 0 Å².